The van der Waals surface area contributed by atoms with E-state index < -0.39 is 0 Å². The van der Waals surface area contributed by atoms with Crippen LogP contribution < -0.4 is 0 Å². The molecular weight excluding hydrogens is 665 g/mol. The Balaban J connectivity index is 0.00000229. The van der Waals surface area contributed by atoms with E-state index in [9.17, 15) is 0 Å². The highest BCUT2D eigenvalue weighted by atomic mass is 15.0. The maximum absolute atomic E-state index is 3.95. The number of rotatable bonds is 11. The van der Waals surface area contributed by atoms with Crippen LogP contribution in [0.25, 0.3) is 66.1 Å². The van der Waals surface area contributed by atoms with Crippen LogP contribution in [0.4, 0.5) is 0 Å². The second kappa shape index (κ2) is 17.5. The Morgan fingerprint density at radius 1 is 0.509 bits per heavy atom. The molecule has 270 valence electrons. The summed E-state index contributed by atoms with van der Waals surface area (Å²) in [6, 6.07) is 52.2. The first-order valence-electron chi connectivity index (χ1n) is 19.4. The van der Waals surface area contributed by atoms with E-state index in [2.05, 4.69) is 211 Å². The van der Waals surface area contributed by atoms with Crippen molar-refractivity contribution in [3.05, 3.63) is 218 Å². The zero-order valence-corrected chi connectivity index (χ0v) is 32.1. The molecule has 0 amide bonds. The zero-order chi connectivity index (χ0) is 38.0. The van der Waals surface area contributed by atoms with Gasteiger partial charge in [-0.1, -0.05) is 184 Å². The van der Waals surface area contributed by atoms with Gasteiger partial charge in [0.1, 0.15) is 0 Å². The van der Waals surface area contributed by atoms with Crippen LogP contribution in [-0.2, 0) is 0 Å². The molecule has 0 radical (unpaired) electrons. The summed E-state index contributed by atoms with van der Waals surface area (Å²) in [6.45, 7) is 10.1. The fraction of sp³-hybridized carbons (Fsp3) is 0.0943. The lowest BCUT2D eigenvalue weighted by atomic mass is 10.00. The molecule has 6 aromatic carbocycles. The Morgan fingerprint density at radius 3 is 1.42 bits per heavy atom. The molecule has 0 aliphatic rings. The average molecular weight is 713 g/mol. The Labute approximate surface area is 325 Å². The molecule has 8 rings (SSSR count). The summed E-state index contributed by atoms with van der Waals surface area (Å²) < 4.78 is 4.81. The minimum Gasteiger partial charge on any atom is -0.309 e. The number of hydrogen-bond donors (Lipinski definition) is 0. The summed E-state index contributed by atoms with van der Waals surface area (Å²) in [4.78, 5) is 0. The van der Waals surface area contributed by atoms with Gasteiger partial charge in [-0.05, 0) is 67.3 Å². The lowest BCUT2D eigenvalue weighted by molar-refractivity contribution is 1.16. The van der Waals surface area contributed by atoms with E-state index in [1.165, 1.54) is 66.0 Å². The zero-order valence-electron chi connectivity index (χ0n) is 32.1. The fourth-order valence-corrected chi connectivity index (χ4v) is 7.67. The van der Waals surface area contributed by atoms with Gasteiger partial charge in [-0.25, -0.2) is 0 Å². The minimum atomic E-state index is 0.801. The maximum Gasteiger partial charge on any atom is 0.0541 e. The predicted octanol–water partition coefficient (Wildman–Crippen LogP) is 15.0. The van der Waals surface area contributed by atoms with Crippen molar-refractivity contribution in [3.63, 3.8) is 0 Å². The summed E-state index contributed by atoms with van der Waals surface area (Å²) in [5.41, 5.74) is 12.1. The van der Waals surface area contributed by atoms with E-state index in [4.69, 9.17) is 0 Å². The summed E-state index contributed by atoms with van der Waals surface area (Å²) >= 11 is 0. The Kier molecular flexibility index (Phi) is 11.7. The van der Waals surface area contributed by atoms with Crippen LogP contribution in [0.2, 0.25) is 0 Å². The molecule has 0 aliphatic carbocycles. The lowest BCUT2D eigenvalue weighted by Crippen LogP contribution is -1.99. The molecule has 2 heterocycles. The number of aromatic nitrogens is 2. The van der Waals surface area contributed by atoms with Gasteiger partial charge in [-0.2, -0.15) is 0 Å². The Morgan fingerprint density at radius 2 is 0.927 bits per heavy atom. The van der Waals surface area contributed by atoms with Gasteiger partial charge < -0.3 is 9.13 Å². The van der Waals surface area contributed by atoms with Gasteiger partial charge in [0.2, 0.25) is 0 Å². The molecule has 8 aromatic rings. The third-order valence-electron chi connectivity index (χ3n) is 10.1. The molecule has 2 aromatic heterocycles. The van der Waals surface area contributed by atoms with Gasteiger partial charge in [0.15, 0.2) is 0 Å². The van der Waals surface area contributed by atoms with Crippen molar-refractivity contribution >= 4 is 54.8 Å². The number of allylic oxidation sites excluding steroid dienone is 11. The molecular formula is C53H48N2. The highest BCUT2D eigenvalue weighted by Gasteiger charge is 2.16. The van der Waals surface area contributed by atoms with E-state index in [0.29, 0.717) is 0 Å². The van der Waals surface area contributed by atoms with Gasteiger partial charge in [-0.15, -0.1) is 0 Å². The third-order valence-corrected chi connectivity index (χ3v) is 10.1. The maximum atomic E-state index is 3.95. The van der Waals surface area contributed by atoms with Gasteiger partial charge >= 0.3 is 0 Å². The largest absolute Gasteiger partial charge is 0.309 e. The number of hydrogen-bond acceptors (Lipinski definition) is 0. The molecule has 2 nitrogen and oxygen atoms in total. The number of fused-ring (bicyclic) bond motifs is 6. The lowest BCUT2D eigenvalue weighted by Gasteiger charge is -2.15. The standard InChI is InChI=1S/C51H42N2.C2H6/c1-3-5-23-39(41-27-12-18-33-47(41)53-50-36-21-15-30-44(50)45-31-16-22-37-51(45)53)25-10-8-6-7-9-24-38(4-2)40-26-11-17-32-46(40)52-48-34-19-13-28-42(48)43-29-14-20-35-49(43)52;1-2/h3-9,11-23,25-37H,1,10,24H2,2H3;1-2H3/b8-6+,9-7-,23-5-,38-4+,39-25+;. The van der Waals surface area contributed by atoms with Crippen molar-refractivity contribution in [2.24, 2.45) is 0 Å². The SMILES string of the molecule is C=C/C=C\C(=C/C/C=C/C=C\C/C(=C\C)c1ccccc1-n1c2ccccc2c2ccccc21)c1ccccc1-n1c2ccccc2c2ccccc21.CC. The van der Waals surface area contributed by atoms with Crippen molar-refractivity contribution in [1.29, 1.82) is 0 Å². The summed E-state index contributed by atoms with van der Waals surface area (Å²) in [7, 11) is 0. The number of nitrogens with zero attached hydrogens (tertiary/aromatic N) is 2. The van der Waals surface area contributed by atoms with E-state index >= 15 is 0 Å². The van der Waals surface area contributed by atoms with Crippen LogP contribution >= 0.6 is 0 Å². The first-order valence-corrected chi connectivity index (χ1v) is 19.4. The molecule has 0 saturated carbocycles. The average Bonchev–Trinajstić information content (AvgIpc) is 3.77. The van der Waals surface area contributed by atoms with Crippen LogP contribution in [0.15, 0.2) is 207 Å². The Bertz CT molecular complexity index is 2650. The van der Waals surface area contributed by atoms with Crippen LogP contribution in [-0.4, -0.2) is 9.13 Å². The smallest absolute Gasteiger partial charge is 0.0541 e. The van der Waals surface area contributed by atoms with Crippen LogP contribution in [0.5, 0.6) is 0 Å². The molecule has 0 fully saturated rings. The van der Waals surface area contributed by atoms with Gasteiger partial charge in [0, 0.05) is 32.7 Å². The molecule has 0 unspecified atom stereocenters. The van der Waals surface area contributed by atoms with Crippen molar-refractivity contribution in [2.45, 2.75) is 33.6 Å². The molecule has 0 spiro atoms. The summed E-state index contributed by atoms with van der Waals surface area (Å²) in [5, 5.41) is 5.07. The topological polar surface area (TPSA) is 9.86 Å². The number of para-hydroxylation sites is 6. The van der Waals surface area contributed by atoms with Crippen LogP contribution in [0, 0.1) is 0 Å². The number of benzene rings is 6. The molecule has 0 aliphatic heterocycles. The highest BCUT2D eigenvalue weighted by Crippen LogP contribution is 2.37. The van der Waals surface area contributed by atoms with Crippen molar-refractivity contribution in [2.75, 3.05) is 0 Å². The van der Waals surface area contributed by atoms with E-state index in [1.54, 1.807) is 0 Å². The minimum absolute atomic E-state index is 0.801. The molecule has 0 atom stereocenters. The van der Waals surface area contributed by atoms with Gasteiger partial charge in [0.05, 0.1) is 33.4 Å². The summed E-state index contributed by atoms with van der Waals surface area (Å²) in [5.74, 6) is 0. The monoisotopic (exact) mass is 712 g/mol. The summed E-state index contributed by atoms with van der Waals surface area (Å²) in [6.07, 6.45) is 21.0. The highest BCUT2D eigenvalue weighted by molar-refractivity contribution is 6.10. The molecule has 0 bridgehead atoms. The molecule has 55 heavy (non-hydrogen) atoms. The van der Waals surface area contributed by atoms with Crippen molar-refractivity contribution in [3.8, 4) is 11.4 Å². The normalized spacial score (nSPS) is 12.5. The molecule has 0 saturated heterocycles. The van der Waals surface area contributed by atoms with E-state index in [1.807, 2.05) is 26.0 Å². The van der Waals surface area contributed by atoms with Crippen molar-refractivity contribution < 1.29 is 0 Å². The molecule has 2 heteroatoms. The second-order valence-electron chi connectivity index (χ2n) is 13.1. The van der Waals surface area contributed by atoms with Gasteiger partial charge in [-0.3, -0.25) is 0 Å². The van der Waals surface area contributed by atoms with Gasteiger partial charge in [0.25, 0.3) is 0 Å². The first kappa shape index (κ1) is 36.7. The first-order chi connectivity index (χ1) is 27.3. The quantitative estimate of drug-likeness (QED) is 0.118. The van der Waals surface area contributed by atoms with E-state index in [0.717, 1.165) is 24.1 Å². The van der Waals surface area contributed by atoms with E-state index in [-0.39, 0.29) is 0 Å². The third kappa shape index (κ3) is 7.32. The van der Waals surface area contributed by atoms with Crippen LogP contribution in [0.1, 0.15) is 44.7 Å². The fourth-order valence-electron chi connectivity index (χ4n) is 7.67. The van der Waals surface area contributed by atoms with Crippen LogP contribution in [0.3, 0.4) is 0 Å². The van der Waals surface area contributed by atoms with Crippen molar-refractivity contribution in [1.82, 2.24) is 9.13 Å². The predicted molar refractivity (Wildman–Crippen MR) is 241 cm³/mol. The molecule has 0 N–H and O–H groups in total. The Hall–Kier alpha value is -6.64. The second-order valence-corrected chi connectivity index (χ2v) is 13.1.